The molecular formula is C9H13N3O. The summed E-state index contributed by atoms with van der Waals surface area (Å²) >= 11 is 0. The number of rotatable bonds is 1. The molecule has 1 fully saturated rings. The highest BCUT2D eigenvalue weighted by Crippen LogP contribution is 2.15. The average Bonchev–Trinajstić information content (AvgIpc) is 2.20. The molecule has 0 aromatic carbocycles. The number of nitrogens with zero attached hydrogens (tertiary/aromatic N) is 2. The van der Waals surface area contributed by atoms with Crippen molar-refractivity contribution in [1.29, 1.82) is 0 Å². The lowest BCUT2D eigenvalue weighted by Crippen LogP contribution is -2.43. The minimum atomic E-state index is 0.0823. The van der Waals surface area contributed by atoms with E-state index in [2.05, 4.69) is 15.2 Å². The van der Waals surface area contributed by atoms with Crippen molar-refractivity contribution in [3.8, 4) is 5.88 Å². The van der Waals surface area contributed by atoms with Gasteiger partial charge in [-0.2, -0.15) is 0 Å². The van der Waals surface area contributed by atoms with Crippen molar-refractivity contribution in [1.82, 2.24) is 10.3 Å². The summed E-state index contributed by atoms with van der Waals surface area (Å²) in [4.78, 5) is 6.10. The molecule has 0 bridgehead atoms. The minimum Gasteiger partial charge on any atom is -0.493 e. The largest absolute Gasteiger partial charge is 0.493 e. The molecular weight excluding hydrogens is 166 g/mol. The van der Waals surface area contributed by atoms with Gasteiger partial charge in [-0.25, -0.2) is 4.98 Å². The van der Waals surface area contributed by atoms with Gasteiger partial charge in [0, 0.05) is 32.2 Å². The van der Waals surface area contributed by atoms with Crippen LogP contribution in [0, 0.1) is 0 Å². The number of hydrogen-bond donors (Lipinski definition) is 2. The van der Waals surface area contributed by atoms with Gasteiger partial charge < -0.3 is 15.3 Å². The zero-order chi connectivity index (χ0) is 9.10. The van der Waals surface area contributed by atoms with Gasteiger partial charge in [0.05, 0.1) is 11.9 Å². The molecule has 2 heterocycles. The van der Waals surface area contributed by atoms with Crippen LogP contribution in [-0.2, 0) is 0 Å². The monoisotopic (exact) mass is 179 g/mol. The van der Waals surface area contributed by atoms with Gasteiger partial charge in [-0.05, 0) is 6.07 Å². The number of hydrogen-bond acceptors (Lipinski definition) is 4. The van der Waals surface area contributed by atoms with Crippen LogP contribution < -0.4 is 10.2 Å². The lowest BCUT2D eigenvalue weighted by atomic mass is 10.3. The first-order valence-corrected chi connectivity index (χ1v) is 4.47. The standard InChI is InChI=1S/C9H13N3O/c13-9-2-1-8(7-11-9)12-5-3-10-4-6-12/h1-2,7,10H,3-6H2,(H,11,13). The molecule has 4 heteroatoms. The summed E-state index contributed by atoms with van der Waals surface area (Å²) in [5, 5.41) is 12.3. The van der Waals surface area contributed by atoms with Crippen LogP contribution in [0.25, 0.3) is 0 Å². The van der Waals surface area contributed by atoms with E-state index in [0.717, 1.165) is 31.9 Å². The Morgan fingerprint density at radius 3 is 2.69 bits per heavy atom. The quantitative estimate of drug-likeness (QED) is 0.646. The molecule has 0 amide bonds. The third-order valence-corrected chi connectivity index (χ3v) is 2.21. The van der Waals surface area contributed by atoms with Crippen LogP contribution >= 0.6 is 0 Å². The van der Waals surface area contributed by atoms with Crippen molar-refractivity contribution in [2.45, 2.75) is 0 Å². The van der Waals surface area contributed by atoms with Gasteiger partial charge >= 0.3 is 0 Å². The molecule has 1 aromatic rings. The fourth-order valence-corrected chi connectivity index (χ4v) is 1.49. The van der Waals surface area contributed by atoms with E-state index < -0.39 is 0 Å². The summed E-state index contributed by atoms with van der Waals surface area (Å²) in [6, 6.07) is 3.52. The predicted octanol–water partition coefficient (Wildman–Crippen LogP) is 0.197. The second-order valence-electron chi connectivity index (χ2n) is 3.11. The maximum absolute atomic E-state index is 9.01. The van der Waals surface area contributed by atoms with Crippen LogP contribution in [0.4, 0.5) is 5.69 Å². The van der Waals surface area contributed by atoms with Gasteiger partial charge in [0.15, 0.2) is 0 Å². The number of pyridine rings is 1. The topological polar surface area (TPSA) is 48.4 Å². The molecule has 1 saturated heterocycles. The molecule has 0 saturated carbocycles. The van der Waals surface area contributed by atoms with Crippen molar-refractivity contribution in [2.24, 2.45) is 0 Å². The van der Waals surface area contributed by atoms with Gasteiger partial charge in [-0.3, -0.25) is 0 Å². The highest BCUT2D eigenvalue weighted by Gasteiger charge is 2.09. The van der Waals surface area contributed by atoms with Crippen LogP contribution in [0.2, 0.25) is 0 Å². The molecule has 0 aliphatic carbocycles. The number of nitrogens with one attached hydrogen (secondary N) is 1. The molecule has 0 radical (unpaired) electrons. The van der Waals surface area contributed by atoms with Crippen LogP contribution in [-0.4, -0.2) is 36.3 Å². The normalized spacial score (nSPS) is 17.4. The van der Waals surface area contributed by atoms with E-state index >= 15 is 0 Å². The zero-order valence-electron chi connectivity index (χ0n) is 7.40. The highest BCUT2D eigenvalue weighted by molar-refractivity contribution is 5.45. The Bertz CT molecular complexity index is 267. The van der Waals surface area contributed by atoms with E-state index in [9.17, 15) is 0 Å². The SMILES string of the molecule is Oc1ccc(N2CCNCC2)cn1. The summed E-state index contributed by atoms with van der Waals surface area (Å²) in [5.41, 5.74) is 1.08. The smallest absolute Gasteiger partial charge is 0.210 e. The third-order valence-electron chi connectivity index (χ3n) is 2.21. The molecule has 2 rings (SSSR count). The lowest BCUT2D eigenvalue weighted by molar-refractivity contribution is 0.453. The molecule has 70 valence electrons. The number of anilines is 1. The van der Waals surface area contributed by atoms with E-state index in [0.29, 0.717) is 0 Å². The fraction of sp³-hybridized carbons (Fsp3) is 0.444. The van der Waals surface area contributed by atoms with E-state index in [1.54, 1.807) is 12.3 Å². The van der Waals surface area contributed by atoms with Gasteiger partial charge in [-0.15, -0.1) is 0 Å². The van der Waals surface area contributed by atoms with Gasteiger partial charge in [0.25, 0.3) is 0 Å². The molecule has 0 atom stereocenters. The van der Waals surface area contributed by atoms with Gasteiger partial charge in [-0.1, -0.05) is 0 Å². The molecule has 1 aliphatic rings. The van der Waals surface area contributed by atoms with Crippen molar-refractivity contribution in [3.05, 3.63) is 18.3 Å². The molecule has 2 N–H and O–H groups in total. The van der Waals surface area contributed by atoms with Crippen molar-refractivity contribution in [3.63, 3.8) is 0 Å². The summed E-state index contributed by atoms with van der Waals surface area (Å²) < 4.78 is 0. The Balaban J connectivity index is 2.10. The van der Waals surface area contributed by atoms with E-state index in [4.69, 9.17) is 5.11 Å². The Morgan fingerprint density at radius 2 is 2.08 bits per heavy atom. The number of piperazine rings is 1. The molecule has 13 heavy (non-hydrogen) atoms. The van der Waals surface area contributed by atoms with Crippen LogP contribution in [0.15, 0.2) is 18.3 Å². The first-order valence-electron chi connectivity index (χ1n) is 4.47. The summed E-state index contributed by atoms with van der Waals surface area (Å²) in [7, 11) is 0. The maximum Gasteiger partial charge on any atom is 0.210 e. The minimum absolute atomic E-state index is 0.0823. The van der Waals surface area contributed by atoms with Crippen LogP contribution in [0.1, 0.15) is 0 Å². The van der Waals surface area contributed by atoms with Crippen molar-refractivity contribution < 1.29 is 5.11 Å². The zero-order valence-corrected chi connectivity index (χ0v) is 7.40. The Morgan fingerprint density at radius 1 is 1.31 bits per heavy atom. The van der Waals surface area contributed by atoms with Gasteiger partial charge in [0.2, 0.25) is 5.88 Å². The highest BCUT2D eigenvalue weighted by atomic mass is 16.3. The summed E-state index contributed by atoms with van der Waals surface area (Å²) in [5.74, 6) is 0.0823. The molecule has 4 nitrogen and oxygen atoms in total. The first-order chi connectivity index (χ1) is 6.36. The third kappa shape index (κ3) is 1.89. The Hall–Kier alpha value is -1.29. The van der Waals surface area contributed by atoms with Crippen molar-refractivity contribution >= 4 is 5.69 Å². The molecule has 0 unspecified atom stereocenters. The predicted molar refractivity (Wildman–Crippen MR) is 51.0 cm³/mol. The van der Waals surface area contributed by atoms with E-state index in [1.165, 1.54) is 0 Å². The van der Waals surface area contributed by atoms with Gasteiger partial charge in [0.1, 0.15) is 0 Å². The summed E-state index contributed by atoms with van der Waals surface area (Å²) in [6.07, 6.45) is 1.71. The first kappa shape index (κ1) is 8.31. The fourth-order valence-electron chi connectivity index (χ4n) is 1.49. The molecule has 1 aliphatic heterocycles. The van der Waals surface area contributed by atoms with Crippen molar-refractivity contribution in [2.75, 3.05) is 31.1 Å². The lowest BCUT2D eigenvalue weighted by Gasteiger charge is -2.28. The van der Waals surface area contributed by atoms with E-state index in [-0.39, 0.29) is 5.88 Å². The van der Waals surface area contributed by atoms with Crippen LogP contribution in [0.3, 0.4) is 0 Å². The summed E-state index contributed by atoms with van der Waals surface area (Å²) in [6.45, 7) is 4.04. The number of aromatic nitrogens is 1. The van der Waals surface area contributed by atoms with Crippen LogP contribution in [0.5, 0.6) is 5.88 Å². The number of aromatic hydroxyl groups is 1. The Labute approximate surface area is 77.2 Å². The molecule has 0 spiro atoms. The second kappa shape index (κ2) is 3.62. The Kier molecular flexibility index (Phi) is 2.31. The second-order valence-corrected chi connectivity index (χ2v) is 3.11. The maximum atomic E-state index is 9.01. The van der Waals surface area contributed by atoms with E-state index in [1.807, 2.05) is 6.07 Å². The molecule has 1 aromatic heterocycles. The average molecular weight is 179 g/mol.